The number of β-amino-alcohol motifs (C(OH)–C–C–N with tert-alkyl or cyclic N) is 1. The molecule has 24 heavy (non-hydrogen) atoms. The standard InChI is InChI=1S/C17H24N2O4S/c1-11(2)17(21)10-19(9-12(17)3)24(22,23)14-5-6-15-13(8-14)4-7-16(20)18-15/h5-6,8,11-12,21H,4,7,9-10H2,1-3H3,(H,18,20)/t12-,17-/m0/s1. The van der Waals surface area contributed by atoms with Crippen LogP contribution in [0.3, 0.4) is 0 Å². The second-order valence-corrected chi connectivity index (χ2v) is 9.15. The molecule has 1 aromatic carbocycles. The summed E-state index contributed by atoms with van der Waals surface area (Å²) in [5.41, 5.74) is 0.510. The fourth-order valence-electron chi connectivity index (χ4n) is 3.57. The van der Waals surface area contributed by atoms with Gasteiger partial charge in [0.05, 0.1) is 10.5 Å². The Labute approximate surface area is 142 Å². The van der Waals surface area contributed by atoms with Gasteiger partial charge in [0.2, 0.25) is 15.9 Å². The third-order valence-electron chi connectivity index (χ3n) is 5.37. The van der Waals surface area contributed by atoms with Gasteiger partial charge in [-0.15, -0.1) is 0 Å². The normalized spacial score (nSPS) is 28.0. The van der Waals surface area contributed by atoms with Gasteiger partial charge in [-0.05, 0) is 36.1 Å². The van der Waals surface area contributed by atoms with E-state index in [-0.39, 0.29) is 29.2 Å². The van der Waals surface area contributed by atoms with Crippen LogP contribution in [-0.4, -0.2) is 42.4 Å². The zero-order valence-corrected chi connectivity index (χ0v) is 15.1. The summed E-state index contributed by atoms with van der Waals surface area (Å²) in [6.45, 7) is 6.13. The first-order chi connectivity index (χ1) is 11.1. The fourth-order valence-corrected chi connectivity index (χ4v) is 5.20. The Balaban J connectivity index is 1.91. The average molecular weight is 352 g/mol. The predicted octanol–water partition coefficient (Wildman–Crippen LogP) is 1.60. The number of sulfonamides is 1. The molecule has 2 N–H and O–H groups in total. The summed E-state index contributed by atoms with van der Waals surface area (Å²) in [6.07, 6.45) is 0.904. The second-order valence-electron chi connectivity index (χ2n) is 7.21. The lowest BCUT2D eigenvalue weighted by atomic mass is 9.82. The van der Waals surface area contributed by atoms with Gasteiger partial charge in [0.25, 0.3) is 0 Å². The summed E-state index contributed by atoms with van der Waals surface area (Å²) in [5, 5.41) is 13.5. The van der Waals surface area contributed by atoms with E-state index in [0.29, 0.717) is 25.1 Å². The summed E-state index contributed by atoms with van der Waals surface area (Å²) < 4.78 is 27.3. The second kappa shape index (κ2) is 5.82. The molecule has 0 radical (unpaired) electrons. The molecule has 1 aromatic rings. The molecule has 1 amide bonds. The van der Waals surface area contributed by atoms with Crippen molar-refractivity contribution >= 4 is 21.6 Å². The third kappa shape index (κ3) is 2.74. The smallest absolute Gasteiger partial charge is 0.243 e. The van der Waals surface area contributed by atoms with Crippen LogP contribution in [0.5, 0.6) is 0 Å². The molecule has 0 aliphatic carbocycles. The number of carbonyl (C=O) groups is 1. The SMILES string of the molecule is CC(C)[C@@]1(O)CN(S(=O)(=O)c2ccc3c(c2)CCC(=O)N3)C[C@@H]1C. The van der Waals surface area contributed by atoms with E-state index in [1.165, 1.54) is 10.4 Å². The largest absolute Gasteiger partial charge is 0.388 e. The van der Waals surface area contributed by atoms with Gasteiger partial charge in [-0.3, -0.25) is 4.79 Å². The average Bonchev–Trinajstić information content (AvgIpc) is 2.84. The van der Waals surface area contributed by atoms with Crippen molar-refractivity contribution in [2.45, 2.75) is 44.1 Å². The number of fused-ring (bicyclic) bond motifs is 1. The highest BCUT2D eigenvalue weighted by Gasteiger charge is 2.48. The Hall–Kier alpha value is -1.44. The van der Waals surface area contributed by atoms with E-state index >= 15 is 0 Å². The first-order valence-electron chi connectivity index (χ1n) is 8.30. The van der Waals surface area contributed by atoms with E-state index in [4.69, 9.17) is 0 Å². The zero-order valence-electron chi connectivity index (χ0n) is 14.2. The summed E-state index contributed by atoms with van der Waals surface area (Å²) in [5.74, 6) is -0.191. The highest BCUT2D eigenvalue weighted by atomic mass is 32.2. The fraction of sp³-hybridized carbons (Fsp3) is 0.588. The van der Waals surface area contributed by atoms with Crippen molar-refractivity contribution in [2.24, 2.45) is 11.8 Å². The lowest BCUT2D eigenvalue weighted by Crippen LogP contribution is -2.43. The van der Waals surface area contributed by atoms with Crippen molar-refractivity contribution in [1.29, 1.82) is 0 Å². The maximum absolute atomic E-state index is 13.0. The number of rotatable bonds is 3. The van der Waals surface area contributed by atoms with Gasteiger partial charge in [0.1, 0.15) is 0 Å². The van der Waals surface area contributed by atoms with Crippen LogP contribution < -0.4 is 5.32 Å². The molecule has 0 bridgehead atoms. The van der Waals surface area contributed by atoms with Gasteiger partial charge in [0.15, 0.2) is 0 Å². The van der Waals surface area contributed by atoms with Crippen LogP contribution in [0.15, 0.2) is 23.1 Å². The van der Waals surface area contributed by atoms with Crippen molar-refractivity contribution in [3.05, 3.63) is 23.8 Å². The summed E-state index contributed by atoms with van der Waals surface area (Å²) in [6, 6.07) is 4.81. The molecule has 2 heterocycles. The number of nitrogens with zero attached hydrogens (tertiary/aromatic N) is 1. The number of benzene rings is 1. The number of hydrogen-bond acceptors (Lipinski definition) is 4. The minimum atomic E-state index is -3.66. The van der Waals surface area contributed by atoms with E-state index in [2.05, 4.69) is 5.32 Å². The van der Waals surface area contributed by atoms with Crippen molar-refractivity contribution < 1.29 is 18.3 Å². The maximum atomic E-state index is 13.0. The van der Waals surface area contributed by atoms with Crippen molar-refractivity contribution in [1.82, 2.24) is 4.31 Å². The number of aryl methyl sites for hydroxylation is 1. The Morgan fingerprint density at radius 3 is 2.67 bits per heavy atom. The lowest BCUT2D eigenvalue weighted by Gasteiger charge is -2.31. The molecule has 7 heteroatoms. The molecule has 0 aromatic heterocycles. The van der Waals surface area contributed by atoms with Crippen LogP contribution in [0.25, 0.3) is 0 Å². The number of amides is 1. The number of anilines is 1. The first kappa shape index (κ1) is 17.4. The van der Waals surface area contributed by atoms with Crippen LogP contribution in [-0.2, 0) is 21.2 Å². The Morgan fingerprint density at radius 1 is 1.33 bits per heavy atom. The monoisotopic (exact) mass is 352 g/mol. The quantitative estimate of drug-likeness (QED) is 0.865. The molecule has 0 spiro atoms. The minimum absolute atomic E-state index is 0.0218. The lowest BCUT2D eigenvalue weighted by molar-refractivity contribution is -0.116. The van der Waals surface area contributed by atoms with Gasteiger partial charge in [-0.2, -0.15) is 4.31 Å². The molecule has 0 unspecified atom stereocenters. The topological polar surface area (TPSA) is 86.7 Å². The molecule has 2 aliphatic heterocycles. The van der Waals surface area contributed by atoms with Gasteiger partial charge in [-0.25, -0.2) is 8.42 Å². The number of nitrogens with one attached hydrogen (secondary N) is 1. The van der Waals surface area contributed by atoms with Gasteiger partial charge in [0, 0.05) is 31.1 Å². The molecule has 2 atom stereocenters. The Bertz CT molecular complexity index is 775. The van der Waals surface area contributed by atoms with Crippen LogP contribution >= 0.6 is 0 Å². The molecular formula is C17H24N2O4S. The molecule has 2 aliphatic rings. The molecular weight excluding hydrogens is 328 g/mol. The Morgan fingerprint density at radius 2 is 2.04 bits per heavy atom. The molecule has 3 rings (SSSR count). The summed E-state index contributed by atoms with van der Waals surface area (Å²) in [7, 11) is -3.66. The number of hydrogen-bond donors (Lipinski definition) is 2. The molecule has 1 saturated heterocycles. The van der Waals surface area contributed by atoms with Crippen molar-refractivity contribution in [3.8, 4) is 0 Å². The maximum Gasteiger partial charge on any atom is 0.243 e. The highest BCUT2D eigenvalue weighted by molar-refractivity contribution is 7.89. The van der Waals surface area contributed by atoms with Crippen LogP contribution in [0.1, 0.15) is 32.8 Å². The van der Waals surface area contributed by atoms with E-state index in [9.17, 15) is 18.3 Å². The van der Waals surface area contributed by atoms with E-state index in [1.54, 1.807) is 12.1 Å². The number of carbonyl (C=O) groups excluding carboxylic acids is 1. The first-order valence-corrected chi connectivity index (χ1v) is 9.74. The summed E-state index contributed by atoms with van der Waals surface area (Å²) >= 11 is 0. The molecule has 0 saturated carbocycles. The van der Waals surface area contributed by atoms with E-state index in [0.717, 1.165) is 5.56 Å². The van der Waals surface area contributed by atoms with Gasteiger partial charge >= 0.3 is 0 Å². The van der Waals surface area contributed by atoms with Crippen LogP contribution in [0, 0.1) is 11.8 Å². The molecule has 1 fully saturated rings. The highest BCUT2D eigenvalue weighted by Crippen LogP contribution is 2.37. The van der Waals surface area contributed by atoms with E-state index < -0.39 is 15.6 Å². The molecule has 6 nitrogen and oxygen atoms in total. The van der Waals surface area contributed by atoms with Gasteiger partial charge in [-0.1, -0.05) is 20.8 Å². The third-order valence-corrected chi connectivity index (χ3v) is 7.18. The predicted molar refractivity (Wildman–Crippen MR) is 91.1 cm³/mol. The number of aliphatic hydroxyl groups is 1. The van der Waals surface area contributed by atoms with Crippen molar-refractivity contribution in [2.75, 3.05) is 18.4 Å². The van der Waals surface area contributed by atoms with E-state index in [1.807, 2.05) is 20.8 Å². The summed E-state index contributed by atoms with van der Waals surface area (Å²) in [4.78, 5) is 11.6. The zero-order chi connectivity index (χ0) is 17.7. The minimum Gasteiger partial charge on any atom is -0.388 e. The van der Waals surface area contributed by atoms with Gasteiger partial charge < -0.3 is 10.4 Å². The molecule has 132 valence electrons. The van der Waals surface area contributed by atoms with Crippen LogP contribution in [0.2, 0.25) is 0 Å². The van der Waals surface area contributed by atoms with Crippen LogP contribution in [0.4, 0.5) is 5.69 Å². The Kier molecular flexibility index (Phi) is 4.22. The van der Waals surface area contributed by atoms with Crippen molar-refractivity contribution in [3.63, 3.8) is 0 Å².